The summed E-state index contributed by atoms with van der Waals surface area (Å²) in [6.07, 6.45) is -4.60. The molecule has 0 atom stereocenters. The molecule has 3 amide bonds. The second-order valence-corrected chi connectivity index (χ2v) is 6.43. The lowest BCUT2D eigenvalue weighted by Crippen LogP contribution is -2.20. The molecule has 3 rings (SSSR count). The number of urea groups is 1. The quantitative estimate of drug-likeness (QED) is 0.423. The van der Waals surface area contributed by atoms with E-state index in [1.165, 1.54) is 6.07 Å². The SMILES string of the molecule is O=C(Nc1cccc(C(F)(F)F)c1)Nc1ccc(F)c(NC(=O)c2ccc(F)cc2F)c1. The van der Waals surface area contributed by atoms with E-state index in [1.807, 2.05) is 0 Å². The van der Waals surface area contributed by atoms with Gasteiger partial charge in [0.1, 0.15) is 17.5 Å². The Kier molecular flexibility index (Phi) is 6.37. The molecule has 3 N–H and O–H groups in total. The molecule has 0 fully saturated rings. The largest absolute Gasteiger partial charge is 0.416 e. The number of hydrogen-bond donors (Lipinski definition) is 3. The lowest BCUT2D eigenvalue weighted by atomic mass is 10.2. The molecule has 0 spiro atoms. The molecule has 3 aromatic carbocycles. The molecule has 0 aromatic heterocycles. The number of nitrogens with one attached hydrogen (secondary N) is 3. The maximum absolute atomic E-state index is 14.0. The molecule has 3 aromatic rings. The zero-order chi connectivity index (χ0) is 23.5. The Morgan fingerprint density at radius 2 is 1.41 bits per heavy atom. The summed E-state index contributed by atoms with van der Waals surface area (Å²) in [4.78, 5) is 24.2. The summed E-state index contributed by atoms with van der Waals surface area (Å²) in [5, 5.41) is 6.58. The summed E-state index contributed by atoms with van der Waals surface area (Å²) in [6.45, 7) is 0. The summed E-state index contributed by atoms with van der Waals surface area (Å²) in [5.41, 5.74) is -2.08. The number of anilines is 3. The molecule has 11 heteroatoms. The average Bonchev–Trinajstić information content (AvgIpc) is 2.70. The fraction of sp³-hybridized carbons (Fsp3) is 0.0476. The highest BCUT2D eigenvalue weighted by Gasteiger charge is 2.30. The first-order chi connectivity index (χ1) is 15.0. The predicted octanol–water partition coefficient (Wildman–Crippen LogP) is 6.02. The first-order valence-corrected chi connectivity index (χ1v) is 8.84. The monoisotopic (exact) mass is 453 g/mol. The Balaban J connectivity index is 1.71. The third-order valence-corrected chi connectivity index (χ3v) is 4.10. The minimum atomic E-state index is -4.60. The standard InChI is InChI=1S/C21H13F6N3O2/c22-12-4-6-15(17(24)9-12)19(31)30-18-10-14(5-7-16(18)23)29-20(32)28-13-3-1-2-11(8-13)21(25,26)27/h1-10H,(H,30,31)(H2,28,29,32). The van der Waals surface area contributed by atoms with E-state index in [2.05, 4.69) is 16.0 Å². The molecular weight excluding hydrogens is 440 g/mol. The van der Waals surface area contributed by atoms with Gasteiger partial charge in [-0.25, -0.2) is 18.0 Å². The van der Waals surface area contributed by atoms with Crippen LogP contribution in [0.1, 0.15) is 15.9 Å². The van der Waals surface area contributed by atoms with Crippen molar-refractivity contribution < 1.29 is 35.9 Å². The minimum Gasteiger partial charge on any atom is -0.319 e. The van der Waals surface area contributed by atoms with E-state index in [-0.39, 0.29) is 11.4 Å². The van der Waals surface area contributed by atoms with Crippen molar-refractivity contribution >= 4 is 29.0 Å². The lowest BCUT2D eigenvalue weighted by Gasteiger charge is -2.12. The Labute approximate surface area is 177 Å². The normalized spacial score (nSPS) is 11.1. The third kappa shape index (κ3) is 5.56. The van der Waals surface area contributed by atoms with Gasteiger partial charge in [0, 0.05) is 17.4 Å². The summed E-state index contributed by atoms with van der Waals surface area (Å²) >= 11 is 0. The van der Waals surface area contributed by atoms with E-state index in [0.717, 1.165) is 48.5 Å². The van der Waals surface area contributed by atoms with E-state index in [4.69, 9.17) is 0 Å². The van der Waals surface area contributed by atoms with Gasteiger partial charge in [-0.3, -0.25) is 4.79 Å². The molecule has 0 saturated heterocycles. The fourth-order valence-corrected chi connectivity index (χ4v) is 2.63. The highest BCUT2D eigenvalue weighted by atomic mass is 19.4. The number of rotatable bonds is 4. The van der Waals surface area contributed by atoms with Crippen molar-refractivity contribution in [3.8, 4) is 0 Å². The van der Waals surface area contributed by atoms with E-state index < -0.39 is 52.4 Å². The summed E-state index contributed by atoms with van der Waals surface area (Å²) in [5.74, 6) is -4.03. The molecule has 32 heavy (non-hydrogen) atoms. The lowest BCUT2D eigenvalue weighted by molar-refractivity contribution is -0.137. The van der Waals surface area contributed by atoms with Crippen molar-refractivity contribution in [3.63, 3.8) is 0 Å². The van der Waals surface area contributed by atoms with Crippen LogP contribution < -0.4 is 16.0 Å². The van der Waals surface area contributed by atoms with Crippen LogP contribution in [-0.4, -0.2) is 11.9 Å². The van der Waals surface area contributed by atoms with Crippen molar-refractivity contribution in [1.29, 1.82) is 0 Å². The van der Waals surface area contributed by atoms with Gasteiger partial charge in [-0.1, -0.05) is 6.07 Å². The highest BCUT2D eigenvalue weighted by Crippen LogP contribution is 2.30. The Hall–Kier alpha value is -4.02. The van der Waals surface area contributed by atoms with E-state index in [1.54, 1.807) is 0 Å². The van der Waals surface area contributed by atoms with Gasteiger partial charge >= 0.3 is 12.2 Å². The molecule has 0 unspecified atom stereocenters. The van der Waals surface area contributed by atoms with Crippen LogP contribution in [0.15, 0.2) is 60.7 Å². The number of carbonyl (C=O) groups excluding carboxylic acids is 2. The average molecular weight is 453 g/mol. The summed E-state index contributed by atoms with van der Waals surface area (Å²) in [6, 6.07) is 8.24. The van der Waals surface area contributed by atoms with Gasteiger partial charge in [0.25, 0.3) is 5.91 Å². The van der Waals surface area contributed by atoms with Gasteiger partial charge in [0.15, 0.2) is 0 Å². The van der Waals surface area contributed by atoms with Crippen molar-refractivity contribution in [2.24, 2.45) is 0 Å². The number of amides is 3. The Bertz CT molecular complexity index is 1180. The van der Waals surface area contributed by atoms with Gasteiger partial charge < -0.3 is 16.0 Å². The van der Waals surface area contributed by atoms with E-state index in [9.17, 15) is 35.9 Å². The topological polar surface area (TPSA) is 70.2 Å². The number of halogens is 6. The Morgan fingerprint density at radius 1 is 0.719 bits per heavy atom. The zero-order valence-corrected chi connectivity index (χ0v) is 15.9. The predicted molar refractivity (Wildman–Crippen MR) is 105 cm³/mol. The molecule has 0 radical (unpaired) electrons. The van der Waals surface area contributed by atoms with Gasteiger partial charge in [-0.05, 0) is 48.5 Å². The minimum absolute atomic E-state index is 0.0224. The number of hydrogen-bond acceptors (Lipinski definition) is 2. The van der Waals surface area contributed by atoms with Crippen LogP contribution in [0.2, 0.25) is 0 Å². The van der Waals surface area contributed by atoms with Crippen molar-refractivity contribution in [3.05, 3.63) is 89.2 Å². The molecule has 5 nitrogen and oxygen atoms in total. The molecule has 0 saturated carbocycles. The third-order valence-electron chi connectivity index (χ3n) is 4.10. The molecule has 0 aliphatic rings. The Morgan fingerprint density at radius 3 is 2.06 bits per heavy atom. The molecule has 0 aliphatic heterocycles. The number of alkyl halides is 3. The maximum Gasteiger partial charge on any atom is 0.416 e. The van der Waals surface area contributed by atoms with Crippen molar-refractivity contribution in [1.82, 2.24) is 0 Å². The van der Waals surface area contributed by atoms with Gasteiger partial charge in [0.05, 0.1) is 16.8 Å². The second kappa shape index (κ2) is 9.00. The zero-order valence-electron chi connectivity index (χ0n) is 15.9. The molecule has 166 valence electrons. The van der Waals surface area contributed by atoms with Crippen LogP contribution in [0.5, 0.6) is 0 Å². The van der Waals surface area contributed by atoms with Crippen LogP contribution in [0.25, 0.3) is 0 Å². The van der Waals surface area contributed by atoms with Gasteiger partial charge in [-0.15, -0.1) is 0 Å². The first-order valence-electron chi connectivity index (χ1n) is 8.84. The van der Waals surface area contributed by atoms with Crippen molar-refractivity contribution in [2.75, 3.05) is 16.0 Å². The molecule has 0 aliphatic carbocycles. The summed E-state index contributed by atoms with van der Waals surface area (Å²) < 4.78 is 79.1. The number of carbonyl (C=O) groups is 2. The van der Waals surface area contributed by atoms with E-state index in [0.29, 0.717) is 6.07 Å². The van der Waals surface area contributed by atoms with Gasteiger partial charge in [-0.2, -0.15) is 13.2 Å². The number of benzene rings is 3. The molecule has 0 bridgehead atoms. The van der Waals surface area contributed by atoms with Crippen LogP contribution in [0.3, 0.4) is 0 Å². The fourth-order valence-electron chi connectivity index (χ4n) is 2.63. The second-order valence-electron chi connectivity index (χ2n) is 6.43. The highest BCUT2D eigenvalue weighted by molar-refractivity contribution is 6.05. The van der Waals surface area contributed by atoms with Crippen LogP contribution >= 0.6 is 0 Å². The summed E-state index contributed by atoms with van der Waals surface area (Å²) in [7, 11) is 0. The smallest absolute Gasteiger partial charge is 0.319 e. The van der Waals surface area contributed by atoms with Crippen LogP contribution in [0, 0.1) is 17.5 Å². The molecule has 0 heterocycles. The van der Waals surface area contributed by atoms with Gasteiger partial charge in [0.2, 0.25) is 0 Å². The van der Waals surface area contributed by atoms with Crippen molar-refractivity contribution in [2.45, 2.75) is 6.18 Å². The molecular formula is C21H13F6N3O2. The van der Waals surface area contributed by atoms with Crippen LogP contribution in [0.4, 0.5) is 48.2 Å². The first kappa shape index (κ1) is 22.7. The van der Waals surface area contributed by atoms with E-state index >= 15 is 0 Å². The van der Waals surface area contributed by atoms with Crippen LogP contribution in [-0.2, 0) is 6.18 Å². The maximum atomic E-state index is 14.0.